The summed E-state index contributed by atoms with van der Waals surface area (Å²) in [6.45, 7) is 6.28. The summed E-state index contributed by atoms with van der Waals surface area (Å²) in [6.07, 6.45) is 5.46. The Labute approximate surface area is 127 Å². The van der Waals surface area contributed by atoms with Gasteiger partial charge < -0.3 is 5.32 Å². The van der Waals surface area contributed by atoms with Crippen LogP contribution in [-0.4, -0.2) is 5.91 Å². The summed E-state index contributed by atoms with van der Waals surface area (Å²) in [7, 11) is 0. The second-order valence-corrected chi connectivity index (χ2v) is 7.27. The molecule has 1 saturated carbocycles. The Hall–Kier alpha value is -1.38. The van der Waals surface area contributed by atoms with Gasteiger partial charge in [-0.1, -0.05) is 45.7 Å². The van der Waals surface area contributed by atoms with Crippen molar-refractivity contribution in [3.8, 4) is 0 Å². The van der Waals surface area contributed by atoms with Crippen molar-refractivity contribution in [3.63, 3.8) is 0 Å². The molecule has 2 rings (SSSR count). The molecule has 1 unspecified atom stereocenters. The van der Waals surface area contributed by atoms with Gasteiger partial charge in [0.15, 0.2) is 0 Å². The third kappa shape index (κ3) is 4.55. The van der Waals surface area contributed by atoms with Crippen LogP contribution in [0.15, 0.2) is 24.3 Å². The summed E-state index contributed by atoms with van der Waals surface area (Å²) >= 11 is 0. The lowest BCUT2D eigenvalue weighted by Crippen LogP contribution is -2.37. The van der Waals surface area contributed by atoms with Crippen LogP contribution < -0.4 is 5.32 Å². The molecule has 1 atom stereocenters. The Morgan fingerprint density at radius 3 is 2.33 bits per heavy atom. The molecule has 3 heteroatoms. The summed E-state index contributed by atoms with van der Waals surface area (Å²) in [5.41, 5.74) is 0.854. The molecule has 0 aliphatic heterocycles. The van der Waals surface area contributed by atoms with E-state index in [2.05, 4.69) is 26.1 Å². The Morgan fingerprint density at radius 2 is 1.81 bits per heavy atom. The van der Waals surface area contributed by atoms with Crippen molar-refractivity contribution in [3.05, 3.63) is 35.6 Å². The highest BCUT2D eigenvalue weighted by Gasteiger charge is 2.29. The van der Waals surface area contributed by atoms with E-state index in [0.717, 1.165) is 5.56 Å². The molecule has 0 saturated heterocycles. The van der Waals surface area contributed by atoms with Crippen molar-refractivity contribution in [2.24, 2.45) is 11.3 Å². The van der Waals surface area contributed by atoms with Gasteiger partial charge in [0.25, 0.3) is 0 Å². The third-order valence-corrected chi connectivity index (χ3v) is 4.32. The van der Waals surface area contributed by atoms with E-state index in [1.807, 2.05) is 0 Å². The van der Waals surface area contributed by atoms with Gasteiger partial charge in [-0.05, 0) is 41.9 Å². The van der Waals surface area contributed by atoms with Crippen LogP contribution in [0.1, 0.15) is 64.5 Å². The molecule has 0 bridgehead atoms. The molecule has 0 heterocycles. The number of carbonyl (C=O) groups is 1. The molecule has 0 spiro atoms. The van der Waals surface area contributed by atoms with E-state index in [9.17, 15) is 9.18 Å². The lowest BCUT2D eigenvalue weighted by molar-refractivity contribution is -0.123. The van der Waals surface area contributed by atoms with Crippen LogP contribution in [0.4, 0.5) is 4.39 Å². The fourth-order valence-electron chi connectivity index (χ4n) is 3.15. The summed E-state index contributed by atoms with van der Waals surface area (Å²) in [6, 6.07) is 6.35. The number of benzene rings is 1. The van der Waals surface area contributed by atoms with Gasteiger partial charge in [0.05, 0.1) is 6.04 Å². The van der Waals surface area contributed by atoms with E-state index in [0.29, 0.717) is 12.3 Å². The zero-order valence-corrected chi connectivity index (χ0v) is 13.3. The molecule has 2 nitrogen and oxygen atoms in total. The molecule has 0 aromatic heterocycles. The highest BCUT2D eigenvalue weighted by Crippen LogP contribution is 2.34. The first-order chi connectivity index (χ1) is 9.86. The number of hydrogen-bond acceptors (Lipinski definition) is 1. The standard InChI is InChI=1S/C18H26FNO/c1-18(2,3)17(14-8-10-15(19)11-9-14)20-16(21)12-13-6-4-5-7-13/h8-11,13,17H,4-7,12H2,1-3H3,(H,20,21). The van der Waals surface area contributed by atoms with Gasteiger partial charge in [0.2, 0.25) is 5.91 Å². The van der Waals surface area contributed by atoms with Crippen molar-refractivity contribution >= 4 is 5.91 Å². The summed E-state index contributed by atoms with van der Waals surface area (Å²) in [4.78, 5) is 12.3. The minimum Gasteiger partial charge on any atom is -0.349 e. The largest absolute Gasteiger partial charge is 0.349 e. The Balaban J connectivity index is 2.06. The van der Waals surface area contributed by atoms with Crippen LogP contribution in [0.25, 0.3) is 0 Å². The highest BCUT2D eigenvalue weighted by molar-refractivity contribution is 5.76. The maximum Gasteiger partial charge on any atom is 0.220 e. The first-order valence-corrected chi connectivity index (χ1v) is 7.91. The topological polar surface area (TPSA) is 29.1 Å². The number of hydrogen-bond donors (Lipinski definition) is 1. The van der Waals surface area contributed by atoms with Gasteiger partial charge in [-0.3, -0.25) is 4.79 Å². The first kappa shape index (κ1) is 16.0. The van der Waals surface area contributed by atoms with Gasteiger partial charge in [0.1, 0.15) is 5.82 Å². The quantitative estimate of drug-likeness (QED) is 0.862. The predicted octanol–water partition coefficient (Wildman–Crippen LogP) is 4.61. The molecule has 1 aliphatic rings. The van der Waals surface area contributed by atoms with Crippen molar-refractivity contribution in [2.45, 2.75) is 58.9 Å². The highest BCUT2D eigenvalue weighted by atomic mass is 19.1. The van der Waals surface area contributed by atoms with Crippen LogP contribution in [-0.2, 0) is 4.79 Å². The van der Waals surface area contributed by atoms with E-state index < -0.39 is 0 Å². The molecule has 21 heavy (non-hydrogen) atoms. The van der Waals surface area contributed by atoms with Crippen LogP contribution in [0.2, 0.25) is 0 Å². The van der Waals surface area contributed by atoms with E-state index in [1.54, 1.807) is 12.1 Å². The SMILES string of the molecule is CC(C)(C)C(NC(=O)CC1CCCC1)c1ccc(F)cc1. The Morgan fingerprint density at radius 1 is 1.24 bits per heavy atom. The second-order valence-electron chi connectivity index (χ2n) is 7.27. The van der Waals surface area contributed by atoms with Crippen LogP contribution in [0, 0.1) is 17.2 Å². The fourth-order valence-corrected chi connectivity index (χ4v) is 3.15. The lowest BCUT2D eigenvalue weighted by atomic mass is 9.82. The van der Waals surface area contributed by atoms with E-state index >= 15 is 0 Å². The van der Waals surface area contributed by atoms with E-state index in [-0.39, 0.29) is 23.2 Å². The number of carbonyl (C=O) groups excluding carboxylic acids is 1. The predicted molar refractivity (Wildman–Crippen MR) is 83.3 cm³/mol. The molecule has 1 aliphatic carbocycles. The van der Waals surface area contributed by atoms with Crippen molar-refractivity contribution in [1.82, 2.24) is 5.32 Å². The number of amides is 1. The first-order valence-electron chi connectivity index (χ1n) is 7.91. The molecule has 1 fully saturated rings. The molecule has 1 N–H and O–H groups in total. The Kier molecular flexibility index (Phi) is 5.02. The van der Waals surface area contributed by atoms with E-state index in [4.69, 9.17) is 0 Å². The normalized spacial score (nSPS) is 17.7. The zero-order valence-electron chi connectivity index (χ0n) is 13.3. The average molecular weight is 291 g/mol. The van der Waals surface area contributed by atoms with E-state index in [1.165, 1.54) is 37.8 Å². The van der Waals surface area contributed by atoms with Crippen molar-refractivity contribution in [1.29, 1.82) is 0 Å². The second kappa shape index (κ2) is 6.59. The molecule has 0 radical (unpaired) electrons. The molecule has 1 amide bonds. The third-order valence-electron chi connectivity index (χ3n) is 4.32. The molecule has 1 aromatic rings. The lowest BCUT2D eigenvalue weighted by Gasteiger charge is -2.32. The molecule has 116 valence electrons. The van der Waals surface area contributed by atoms with Gasteiger partial charge in [-0.2, -0.15) is 0 Å². The summed E-state index contributed by atoms with van der Waals surface area (Å²) in [5.74, 6) is 0.411. The van der Waals surface area contributed by atoms with Gasteiger partial charge in [-0.15, -0.1) is 0 Å². The van der Waals surface area contributed by atoms with Crippen molar-refractivity contribution < 1.29 is 9.18 Å². The number of rotatable bonds is 4. The number of halogens is 1. The fraction of sp³-hybridized carbons (Fsp3) is 0.611. The van der Waals surface area contributed by atoms with Gasteiger partial charge in [-0.25, -0.2) is 4.39 Å². The van der Waals surface area contributed by atoms with Crippen LogP contribution in [0.3, 0.4) is 0 Å². The Bertz CT molecular complexity index is 469. The molecular formula is C18H26FNO. The molecular weight excluding hydrogens is 265 g/mol. The van der Waals surface area contributed by atoms with Gasteiger partial charge in [0, 0.05) is 6.42 Å². The minimum absolute atomic E-state index is 0.0907. The average Bonchev–Trinajstić information content (AvgIpc) is 2.89. The maximum atomic E-state index is 13.1. The number of nitrogens with one attached hydrogen (secondary N) is 1. The summed E-state index contributed by atoms with van der Waals surface area (Å²) in [5, 5.41) is 3.16. The van der Waals surface area contributed by atoms with Crippen molar-refractivity contribution in [2.75, 3.05) is 0 Å². The van der Waals surface area contributed by atoms with Crippen LogP contribution >= 0.6 is 0 Å². The monoisotopic (exact) mass is 291 g/mol. The minimum atomic E-state index is -0.247. The zero-order chi connectivity index (χ0) is 15.5. The summed E-state index contributed by atoms with van der Waals surface area (Å²) < 4.78 is 13.1. The smallest absolute Gasteiger partial charge is 0.220 e. The molecule has 1 aromatic carbocycles. The maximum absolute atomic E-state index is 13.1. The van der Waals surface area contributed by atoms with Crippen LogP contribution in [0.5, 0.6) is 0 Å². The van der Waals surface area contributed by atoms with Gasteiger partial charge >= 0.3 is 0 Å².